The summed E-state index contributed by atoms with van der Waals surface area (Å²) in [5, 5.41) is 3.49. The quantitative estimate of drug-likeness (QED) is 0.804. The van der Waals surface area contributed by atoms with E-state index in [1.165, 1.54) is 6.07 Å². The lowest BCUT2D eigenvalue weighted by Gasteiger charge is -2.24. The Bertz CT molecular complexity index is 404. The fourth-order valence-corrected chi connectivity index (χ4v) is 3.16. The van der Waals surface area contributed by atoms with Crippen LogP contribution >= 0.6 is 27.7 Å². The molecule has 0 saturated heterocycles. The molecule has 1 nitrogen and oxygen atoms in total. The minimum absolute atomic E-state index is 0.184. The number of halogens is 2. The molecular weight excluding hydrogens is 325 g/mol. The van der Waals surface area contributed by atoms with Crippen LogP contribution in [0.25, 0.3) is 0 Å². The molecule has 0 fully saturated rings. The van der Waals surface area contributed by atoms with Crippen LogP contribution in [0.2, 0.25) is 0 Å². The van der Waals surface area contributed by atoms with Crippen LogP contribution in [0.3, 0.4) is 0 Å². The topological polar surface area (TPSA) is 12.0 Å². The summed E-state index contributed by atoms with van der Waals surface area (Å²) in [5.74, 6) is 0.844. The molecule has 0 amide bonds. The maximum atomic E-state index is 13.5. The Morgan fingerprint density at radius 2 is 2.05 bits per heavy atom. The van der Waals surface area contributed by atoms with Gasteiger partial charge in [0.1, 0.15) is 5.82 Å². The smallest absolute Gasteiger partial charge is 0.137 e. The predicted octanol–water partition coefficient (Wildman–Crippen LogP) is 4.64. The molecule has 1 atom stereocenters. The third kappa shape index (κ3) is 6.28. The third-order valence-electron chi connectivity index (χ3n) is 2.71. The highest BCUT2D eigenvalue weighted by Crippen LogP contribution is 2.26. The van der Waals surface area contributed by atoms with Crippen molar-refractivity contribution >= 4 is 27.7 Å². The van der Waals surface area contributed by atoms with Crippen LogP contribution in [-0.2, 0) is 6.42 Å². The van der Waals surface area contributed by atoms with Gasteiger partial charge < -0.3 is 5.32 Å². The monoisotopic (exact) mass is 347 g/mol. The summed E-state index contributed by atoms with van der Waals surface area (Å²) >= 11 is 5.28. The summed E-state index contributed by atoms with van der Waals surface area (Å²) in [6.45, 7) is 9.70. The average molecular weight is 348 g/mol. The zero-order chi connectivity index (χ0) is 14.5. The van der Waals surface area contributed by atoms with E-state index in [-0.39, 0.29) is 10.6 Å². The molecule has 1 rings (SSSR count). The Hall–Kier alpha value is -0.0600. The SMILES string of the molecule is CCNC(CSC(C)(C)C)Cc1cccc(F)c1Br. The molecule has 1 aromatic rings. The molecule has 1 N–H and O–H groups in total. The van der Waals surface area contributed by atoms with Gasteiger partial charge in [-0.05, 0) is 40.5 Å². The number of likely N-dealkylation sites (N-methyl/N-ethyl adjacent to an activating group) is 1. The van der Waals surface area contributed by atoms with E-state index in [0.717, 1.165) is 24.3 Å². The minimum Gasteiger partial charge on any atom is -0.313 e. The fourth-order valence-electron chi connectivity index (χ4n) is 1.80. The number of hydrogen-bond acceptors (Lipinski definition) is 2. The Kier molecular flexibility index (Phi) is 6.84. The largest absolute Gasteiger partial charge is 0.313 e. The van der Waals surface area contributed by atoms with Crippen LogP contribution < -0.4 is 5.32 Å². The van der Waals surface area contributed by atoms with Gasteiger partial charge in [0.25, 0.3) is 0 Å². The first kappa shape index (κ1) is 17.0. The first-order valence-electron chi connectivity index (χ1n) is 6.63. The molecule has 0 aliphatic carbocycles. The Labute approximate surface area is 128 Å². The zero-order valence-electron chi connectivity index (χ0n) is 12.1. The molecule has 0 spiro atoms. The van der Waals surface area contributed by atoms with Gasteiger partial charge >= 0.3 is 0 Å². The number of hydrogen-bond donors (Lipinski definition) is 1. The van der Waals surface area contributed by atoms with E-state index >= 15 is 0 Å². The highest BCUT2D eigenvalue weighted by Gasteiger charge is 2.17. The average Bonchev–Trinajstić information content (AvgIpc) is 2.31. The lowest BCUT2D eigenvalue weighted by molar-refractivity contribution is 0.564. The number of benzene rings is 1. The molecule has 1 unspecified atom stereocenters. The summed E-state index contributed by atoms with van der Waals surface area (Å²) in [7, 11) is 0. The van der Waals surface area contributed by atoms with Gasteiger partial charge in [0.05, 0.1) is 4.47 Å². The van der Waals surface area contributed by atoms with Gasteiger partial charge in [0.2, 0.25) is 0 Å². The van der Waals surface area contributed by atoms with Gasteiger partial charge in [-0.25, -0.2) is 4.39 Å². The first-order chi connectivity index (χ1) is 8.83. The minimum atomic E-state index is -0.184. The van der Waals surface area contributed by atoms with E-state index in [1.807, 2.05) is 17.8 Å². The lowest BCUT2D eigenvalue weighted by atomic mass is 10.1. The Morgan fingerprint density at radius 1 is 1.37 bits per heavy atom. The van der Waals surface area contributed by atoms with Crippen LogP contribution in [0, 0.1) is 5.82 Å². The maximum Gasteiger partial charge on any atom is 0.137 e. The van der Waals surface area contributed by atoms with Crippen molar-refractivity contribution in [3.05, 3.63) is 34.1 Å². The molecule has 0 radical (unpaired) electrons. The molecule has 4 heteroatoms. The Morgan fingerprint density at radius 3 is 2.63 bits per heavy atom. The second-order valence-electron chi connectivity index (χ2n) is 5.60. The molecule has 0 aliphatic rings. The van der Waals surface area contributed by atoms with Gasteiger partial charge in [-0.2, -0.15) is 11.8 Å². The van der Waals surface area contributed by atoms with Crippen LogP contribution in [0.4, 0.5) is 4.39 Å². The standard InChI is InChI=1S/C15H23BrFNS/c1-5-18-12(10-19-15(2,3)4)9-11-7-6-8-13(17)14(11)16/h6-8,12,18H,5,9-10H2,1-4H3. The number of nitrogens with one attached hydrogen (secondary N) is 1. The van der Waals surface area contributed by atoms with Crippen molar-refractivity contribution in [3.8, 4) is 0 Å². The van der Waals surface area contributed by atoms with Crippen LogP contribution in [-0.4, -0.2) is 23.1 Å². The molecule has 0 saturated carbocycles. The predicted molar refractivity (Wildman–Crippen MR) is 87.5 cm³/mol. The van der Waals surface area contributed by atoms with Gasteiger partial charge in [-0.3, -0.25) is 0 Å². The fraction of sp³-hybridized carbons (Fsp3) is 0.600. The van der Waals surface area contributed by atoms with Crippen molar-refractivity contribution in [3.63, 3.8) is 0 Å². The van der Waals surface area contributed by atoms with Crippen LogP contribution in [0.5, 0.6) is 0 Å². The van der Waals surface area contributed by atoms with Gasteiger partial charge in [-0.15, -0.1) is 0 Å². The summed E-state index contributed by atoms with van der Waals surface area (Å²) in [5.41, 5.74) is 1.03. The normalized spacial score (nSPS) is 13.6. The zero-order valence-corrected chi connectivity index (χ0v) is 14.5. The van der Waals surface area contributed by atoms with Crippen molar-refractivity contribution in [2.24, 2.45) is 0 Å². The summed E-state index contributed by atoms with van der Waals surface area (Å²) in [6.07, 6.45) is 0.843. The van der Waals surface area contributed by atoms with Gasteiger partial charge in [-0.1, -0.05) is 39.8 Å². The van der Waals surface area contributed by atoms with E-state index in [9.17, 15) is 4.39 Å². The maximum absolute atomic E-state index is 13.5. The summed E-state index contributed by atoms with van der Waals surface area (Å²) < 4.78 is 14.4. The molecule has 0 bridgehead atoms. The highest BCUT2D eigenvalue weighted by molar-refractivity contribution is 9.10. The van der Waals surface area contributed by atoms with Crippen molar-refractivity contribution < 1.29 is 4.39 Å². The molecular formula is C15H23BrFNS. The van der Waals surface area contributed by atoms with Crippen LogP contribution in [0.15, 0.2) is 22.7 Å². The van der Waals surface area contributed by atoms with E-state index in [0.29, 0.717) is 10.5 Å². The Balaban J connectivity index is 2.70. The van der Waals surface area contributed by atoms with E-state index in [2.05, 4.69) is 48.9 Å². The number of rotatable bonds is 6. The van der Waals surface area contributed by atoms with Crippen molar-refractivity contribution in [1.29, 1.82) is 0 Å². The van der Waals surface area contributed by atoms with E-state index < -0.39 is 0 Å². The molecule has 0 aromatic heterocycles. The van der Waals surface area contributed by atoms with Gasteiger partial charge in [0, 0.05) is 16.5 Å². The number of thioether (sulfide) groups is 1. The van der Waals surface area contributed by atoms with Gasteiger partial charge in [0.15, 0.2) is 0 Å². The lowest BCUT2D eigenvalue weighted by Crippen LogP contribution is -2.34. The second-order valence-corrected chi connectivity index (χ2v) is 8.23. The molecule has 1 aromatic carbocycles. The first-order valence-corrected chi connectivity index (χ1v) is 8.41. The molecule has 19 heavy (non-hydrogen) atoms. The highest BCUT2D eigenvalue weighted by atomic mass is 79.9. The third-order valence-corrected chi connectivity index (χ3v) is 5.03. The summed E-state index contributed by atoms with van der Waals surface area (Å²) in [4.78, 5) is 0. The van der Waals surface area contributed by atoms with Crippen molar-refractivity contribution in [2.75, 3.05) is 12.3 Å². The van der Waals surface area contributed by atoms with E-state index in [4.69, 9.17) is 0 Å². The van der Waals surface area contributed by atoms with Crippen LogP contribution in [0.1, 0.15) is 33.3 Å². The summed E-state index contributed by atoms with van der Waals surface area (Å²) in [6, 6.07) is 5.61. The second kappa shape index (κ2) is 7.65. The van der Waals surface area contributed by atoms with Crippen molar-refractivity contribution in [1.82, 2.24) is 5.32 Å². The van der Waals surface area contributed by atoms with Crippen molar-refractivity contribution in [2.45, 2.75) is 44.9 Å². The molecule has 108 valence electrons. The van der Waals surface area contributed by atoms with E-state index in [1.54, 1.807) is 6.07 Å². The molecule has 0 heterocycles. The molecule has 0 aliphatic heterocycles.